The molecule has 158 valence electrons. The maximum absolute atomic E-state index is 12.9. The summed E-state index contributed by atoms with van der Waals surface area (Å²) in [4.78, 5) is 12.7. The Kier molecular flexibility index (Phi) is 7.81. The summed E-state index contributed by atoms with van der Waals surface area (Å²) in [6.07, 6.45) is 0. The molecular formula is C22H30N2O4S. The number of hydrogen-bond acceptors (Lipinski definition) is 4. The number of ether oxygens (including phenoxy) is 1. The molecule has 7 heteroatoms. The minimum Gasteiger partial charge on any atom is -0.494 e. The quantitative estimate of drug-likeness (QED) is 0.675. The SMILES string of the molecule is CCOc1ccc(C(=O)NCC(C)C)cc1CN(C)S(=O)(=O)c1ccc(C)cc1. The van der Waals surface area contributed by atoms with E-state index in [2.05, 4.69) is 5.32 Å². The summed E-state index contributed by atoms with van der Waals surface area (Å²) in [7, 11) is -2.14. The Morgan fingerprint density at radius 3 is 2.38 bits per heavy atom. The standard InChI is InChI=1S/C22H30N2O4S/c1-6-28-21-12-9-18(22(25)23-14-16(2)3)13-19(21)15-24(5)29(26,27)20-10-7-17(4)8-11-20/h7-13,16H,6,14-15H2,1-5H3,(H,23,25). The lowest BCUT2D eigenvalue weighted by Gasteiger charge is -2.20. The van der Waals surface area contributed by atoms with Gasteiger partial charge in [0.1, 0.15) is 5.75 Å². The Hall–Kier alpha value is -2.38. The molecule has 1 N–H and O–H groups in total. The molecule has 0 saturated heterocycles. The summed E-state index contributed by atoms with van der Waals surface area (Å²) < 4.78 is 32.8. The highest BCUT2D eigenvalue weighted by atomic mass is 32.2. The van der Waals surface area contributed by atoms with Crippen LogP contribution in [0.4, 0.5) is 0 Å². The maximum atomic E-state index is 12.9. The molecule has 1 amide bonds. The third-order valence-electron chi connectivity index (χ3n) is 4.42. The van der Waals surface area contributed by atoms with Crippen LogP contribution in [0.3, 0.4) is 0 Å². The summed E-state index contributed by atoms with van der Waals surface area (Å²) in [6, 6.07) is 11.8. The van der Waals surface area contributed by atoms with Gasteiger partial charge in [-0.2, -0.15) is 4.31 Å². The highest BCUT2D eigenvalue weighted by Gasteiger charge is 2.22. The van der Waals surface area contributed by atoms with Gasteiger partial charge in [0, 0.05) is 31.3 Å². The number of sulfonamides is 1. The molecule has 0 radical (unpaired) electrons. The smallest absolute Gasteiger partial charge is 0.251 e. The first-order valence-corrected chi connectivity index (χ1v) is 11.2. The number of amides is 1. The van der Waals surface area contributed by atoms with Gasteiger partial charge in [-0.05, 0) is 50.1 Å². The number of aryl methyl sites for hydroxylation is 1. The van der Waals surface area contributed by atoms with Crippen molar-refractivity contribution in [2.75, 3.05) is 20.2 Å². The molecule has 0 aromatic heterocycles. The molecule has 2 aromatic carbocycles. The van der Waals surface area contributed by atoms with Crippen LogP contribution in [0, 0.1) is 12.8 Å². The van der Waals surface area contributed by atoms with Gasteiger partial charge < -0.3 is 10.1 Å². The Bertz CT molecular complexity index is 938. The predicted molar refractivity (Wildman–Crippen MR) is 115 cm³/mol. The van der Waals surface area contributed by atoms with E-state index in [0.717, 1.165) is 5.56 Å². The minimum atomic E-state index is -3.66. The van der Waals surface area contributed by atoms with E-state index in [-0.39, 0.29) is 17.3 Å². The average molecular weight is 419 g/mol. The van der Waals surface area contributed by atoms with Gasteiger partial charge in [0.15, 0.2) is 0 Å². The molecule has 6 nitrogen and oxygen atoms in total. The summed E-state index contributed by atoms with van der Waals surface area (Å²) >= 11 is 0. The van der Waals surface area contributed by atoms with Gasteiger partial charge in [-0.15, -0.1) is 0 Å². The fraction of sp³-hybridized carbons (Fsp3) is 0.409. The summed E-state index contributed by atoms with van der Waals surface area (Å²) in [6.45, 7) is 8.92. The van der Waals surface area contributed by atoms with Crippen LogP contribution < -0.4 is 10.1 Å². The fourth-order valence-electron chi connectivity index (χ4n) is 2.75. The Balaban J connectivity index is 2.29. The molecule has 0 atom stereocenters. The van der Waals surface area contributed by atoms with Gasteiger partial charge in [0.25, 0.3) is 5.91 Å². The van der Waals surface area contributed by atoms with Crippen molar-refractivity contribution in [1.29, 1.82) is 0 Å². The molecule has 0 heterocycles. The first kappa shape index (κ1) is 22.9. The number of hydrogen-bond donors (Lipinski definition) is 1. The van der Waals surface area contributed by atoms with Crippen LogP contribution in [0.5, 0.6) is 5.75 Å². The predicted octanol–water partition coefficient (Wildman–Crippen LogP) is 3.60. The third kappa shape index (κ3) is 6.05. The molecule has 0 aliphatic heterocycles. The molecule has 0 aliphatic rings. The zero-order chi connectivity index (χ0) is 21.6. The number of carbonyl (C=O) groups excluding carboxylic acids is 1. The Morgan fingerprint density at radius 1 is 1.14 bits per heavy atom. The number of nitrogens with one attached hydrogen (secondary N) is 1. The Morgan fingerprint density at radius 2 is 1.79 bits per heavy atom. The highest BCUT2D eigenvalue weighted by Crippen LogP contribution is 2.25. The van der Waals surface area contributed by atoms with Crippen molar-refractivity contribution in [2.24, 2.45) is 5.92 Å². The molecule has 2 rings (SSSR count). The van der Waals surface area contributed by atoms with E-state index in [1.165, 1.54) is 11.4 Å². The lowest BCUT2D eigenvalue weighted by atomic mass is 10.1. The lowest BCUT2D eigenvalue weighted by molar-refractivity contribution is 0.0949. The zero-order valence-electron chi connectivity index (χ0n) is 17.7. The second kappa shape index (κ2) is 9.89. The fourth-order valence-corrected chi connectivity index (χ4v) is 3.90. The number of carbonyl (C=O) groups is 1. The third-order valence-corrected chi connectivity index (χ3v) is 6.23. The van der Waals surface area contributed by atoms with E-state index in [9.17, 15) is 13.2 Å². The lowest BCUT2D eigenvalue weighted by Crippen LogP contribution is -2.28. The van der Waals surface area contributed by atoms with E-state index in [0.29, 0.717) is 35.9 Å². The molecular weight excluding hydrogens is 388 g/mol. The molecule has 0 bridgehead atoms. The molecule has 0 aliphatic carbocycles. The maximum Gasteiger partial charge on any atom is 0.251 e. The van der Waals surface area contributed by atoms with Crippen LogP contribution in [-0.4, -0.2) is 38.8 Å². The van der Waals surface area contributed by atoms with Gasteiger partial charge in [0.05, 0.1) is 11.5 Å². The van der Waals surface area contributed by atoms with Gasteiger partial charge in [0.2, 0.25) is 10.0 Å². The van der Waals surface area contributed by atoms with Crippen molar-refractivity contribution in [3.05, 3.63) is 59.2 Å². The monoisotopic (exact) mass is 418 g/mol. The van der Waals surface area contributed by atoms with Gasteiger partial charge in [-0.3, -0.25) is 4.79 Å². The van der Waals surface area contributed by atoms with Gasteiger partial charge in [-0.25, -0.2) is 8.42 Å². The summed E-state index contributed by atoms with van der Waals surface area (Å²) in [5.41, 5.74) is 2.11. The normalized spacial score (nSPS) is 11.7. The molecule has 2 aromatic rings. The second-order valence-corrected chi connectivity index (χ2v) is 9.48. The zero-order valence-corrected chi connectivity index (χ0v) is 18.5. The highest BCUT2D eigenvalue weighted by molar-refractivity contribution is 7.89. The first-order valence-electron chi connectivity index (χ1n) is 9.72. The van der Waals surface area contributed by atoms with Crippen molar-refractivity contribution in [3.8, 4) is 5.75 Å². The van der Waals surface area contributed by atoms with E-state index in [4.69, 9.17) is 4.74 Å². The minimum absolute atomic E-state index is 0.0941. The van der Waals surface area contributed by atoms with Crippen molar-refractivity contribution in [1.82, 2.24) is 9.62 Å². The van der Waals surface area contributed by atoms with E-state index >= 15 is 0 Å². The second-order valence-electron chi connectivity index (χ2n) is 7.43. The number of nitrogens with zero attached hydrogens (tertiary/aromatic N) is 1. The topological polar surface area (TPSA) is 75.7 Å². The molecule has 0 unspecified atom stereocenters. The van der Waals surface area contributed by atoms with Crippen molar-refractivity contribution < 1.29 is 17.9 Å². The van der Waals surface area contributed by atoms with Crippen LogP contribution in [0.1, 0.15) is 42.3 Å². The van der Waals surface area contributed by atoms with Crippen LogP contribution >= 0.6 is 0 Å². The van der Waals surface area contributed by atoms with E-state index in [1.54, 1.807) is 42.5 Å². The molecule has 29 heavy (non-hydrogen) atoms. The van der Waals surface area contributed by atoms with Gasteiger partial charge in [-0.1, -0.05) is 31.5 Å². The summed E-state index contributed by atoms with van der Waals surface area (Å²) in [5.74, 6) is 0.720. The van der Waals surface area contributed by atoms with Crippen LogP contribution in [0.15, 0.2) is 47.4 Å². The van der Waals surface area contributed by atoms with Crippen LogP contribution in [0.25, 0.3) is 0 Å². The van der Waals surface area contributed by atoms with Crippen LogP contribution in [0.2, 0.25) is 0 Å². The van der Waals surface area contributed by atoms with Crippen LogP contribution in [-0.2, 0) is 16.6 Å². The van der Waals surface area contributed by atoms with E-state index in [1.807, 2.05) is 27.7 Å². The largest absolute Gasteiger partial charge is 0.494 e. The average Bonchev–Trinajstić information content (AvgIpc) is 2.67. The number of benzene rings is 2. The Labute approximate surface area is 173 Å². The molecule has 0 saturated carbocycles. The first-order chi connectivity index (χ1) is 13.6. The summed E-state index contributed by atoms with van der Waals surface area (Å²) in [5, 5.41) is 2.88. The van der Waals surface area contributed by atoms with Crippen molar-refractivity contribution in [2.45, 2.75) is 39.1 Å². The van der Waals surface area contributed by atoms with Gasteiger partial charge >= 0.3 is 0 Å². The van der Waals surface area contributed by atoms with Crippen molar-refractivity contribution >= 4 is 15.9 Å². The molecule has 0 fully saturated rings. The van der Waals surface area contributed by atoms with Crippen molar-refractivity contribution in [3.63, 3.8) is 0 Å². The number of rotatable bonds is 9. The van der Waals surface area contributed by atoms with E-state index < -0.39 is 10.0 Å². The molecule has 0 spiro atoms.